The molecular weight excluding hydrogens is 242 g/mol. The first kappa shape index (κ1) is 9.88. The highest BCUT2D eigenvalue weighted by atomic mass is 79.9. The zero-order valence-corrected chi connectivity index (χ0v) is 8.82. The van der Waals surface area contributed by atoms with Crippen molar-refractivity contribution in [1.82, 2.24) is 4.90 Å². The predicted octanol–water partition coefficient (Wildman–Crippen LogP) is 0.000700. The summed E-state index contributed by atoms with van der Waals surface area (Å²) in [7, 11) is 0. The first-order valence-corrected chi connectivity index (χ1v) is 5.22. The minimum Gasteiger partial charge on any atom is -0.364 e. The molecule has 0 unspecified atom stereocenters. The zero-order valence-electron chi connectivity index (χ0n) is 6.42. The lowest BCUT2D eigenvalue weighted by molar-refractivity contribution is -0.115. The topological polar surface area (TPSA) is 72.3 Å². The van der Waals surface area contributed by atoms with Crippen molar-refractivity contribution >= 4 is 33.6 Å². The summed E-state index contributed by atoms with van der Waals surface area (Å²) in [4.78, 5) is 12.8. The summed E-state index contributed by atoms with van der Waals surface area (Å²) in [5.41, 5.74) is 11.1. The van der Waals surface area contributed by atoms with Crippen LogP contribution in [0.25, 0.3) is 0 Å². The minimum absolute atomic E-state index is 0.402. The summed E-state index contributed by atoms with van der Waals surface area (Å²) in [5, 5.41) is 0. The lowest BCUT2D eigenvalue weighted by Gasteiger charge is -2.17. The maximum atomic E-state index is 10.9. The van der Waals surface area contributed by atoms with E-state index in [1.165, 1.54) is 0 Å². The van der Waals surface area contributed by atoms with Gasteiger partial charge in [-0.2, -0.15) is 0 Å². The van der Waals surface area contributed by atoms with Crippen molar-refractivity contribution in [2.24, 2.45) is 11.5 Å². The van der Waals surface area contributed by atoms with Gasteiger partial charge in [-0.25, -0.2) is 0 Å². The Morgan fingerprint density at radius 3 is 2.92 bits per heavy atom. The van der Waals surface area contributed by atoms with Gasteiger partial charge in [0.2, 0.25) is 0 Å². The second kappa shape index (κ2) is 4.15. The first-order chi connectivity index (χ1) is 5.66. The second-order valence-corrected chi connectivity index (χ2v) is 4.59. The quantitative estimate of drug-likeness (QED) is 0.741. The third-order valence-electron chi connectivity index (χ3n) is 1.48. The fraction of sp³-hybridized carbons (Fsp3) is 0.500. The molecule has 0 radical (unpaired) electrons. The minimum atomic E-state index is -0.402. The summed E-state index contributed by atoms with van der Waals surface area (Å²) in [5.74, 6) is 0.344. The van der Waals surface area contributed by atoms with Crippen LogP contribution in [-0.4, -0.2) is 29.8 Å². The molecule has 0 saturated carbocycles. The highest BCUT2D eigenvalue weighted by molar-refractivity contribution is 9.14. The molecule has 68 valence electrons. The van der Waals surface area contributed by atoms with Crippen LogP contribution in [-0.2, 0) is 4.79 Å². The van der Waals surface area contributed by atoms with E-state index in [-0.39, 0.29) is 0 Å². The Morgan fingerprint density at radius 1 is 1.75 bits per heavy atom. The largest absolute Gasteiger partial charge is 0.364 e. The lowest BCUT2D eigenvalue weighted by atomic mass is 10.4. The number of hydrogen-bond acceptors (Lipinski definition) is 4. The standard InChI is InChI=1S/C6H10BrN3OS/c7-5-4(6(9)11)10(2-1-8)3-12-5/h1-3,8H2,(H2,9,11). The molecule has 0 saturated heterocycles. The van der Waals surface area contributed by atoms with Crippen molar-refractivity contribution in [3.8, 4) is 0 Å². The molecule has 0 spiro atoms. The van der Waals surface area contributed by atoms with Crippen LogP contribution >= 0.6 is 27.7 Å². The van der Waals surface area contributed by atoms with Gasteiger partial charge in [-0.15, -0.1) is 0 Å². The van der Waals surface area contributed by atoms with E-state index in [1.54, 1.807) is 11.8 Å². The Labute approximate surface area is 83.5 Å². The molecule has 0 aromatic carbocycles. The molecule has 1 rings (SSSR count). The SMILES string of the molecule is NCCN1CSC(Br)=C1C(N)=O. The molecule has 1 heterocycles. The van der Waals surface area contributed by atoms with Crippen molar-refractivity contribution in [2.45, 2.75) is 0 Å². The van der Waals surface area contributed by atoms with Gasteiger partial charge in [-0.3, -0.25) is 4.79 Å². The summed E-state index contributed by atoms with van der Waals surface area (Å²) in [6.07, 6.45) is 0. The molecule has 0 bridgehead atoms. The van der Waals surface area contributed by atoms with Crippen LogP contribution in [0, 0.1) is 0 Å². The zero-order chi connectivity index (χ0) is 9.14. The molecular formula is C6H10BrN3OS. The molecule has 6 heteroatoms. The number of carbonyl (C=O) groups excluding carboxylic acids is 1. The molecule has 0 atom stereocenters. The summed E-state index contributed by atoms with van der Waals surface area (Å²) in [6, 6.07) is 0. The van der Waals surface area contributed by atoms with Gasteiger partial charge in [0.15, 0.2) is 0 Å². The Kier molecular flexibility index (Phi) is 3.42. The Morgan fingerprint density at radius 2 is 2.42 bits per heavy atom. The summed E-state index contributed by atoms with van der Waals surface area (Å²) >= 11 is 4.82. The van der Waals surface area contributed by atoms with Gasteiger partial charge in [0.25, 0.3) is 5.91 Å². The third-order valence-corrected chi connectivity index (χ3v) is 3.43. The molecule has 12 heavy (non-hydrogen) atoms. The van der Waals surface area contributed by atoms with Crippen molar-refractivity contribution in [1.29, 1.82) is 0 Å². The number of nitrogens with two attached hydrogens (primary N) is 2. The number of nitrogens with zero attached hydrogens (tertiary/aromatic N) is 1. The van der Waals surface area contributed by atoms with Crippen molar-refractivity contribution in [3.05, 3.63) is 9.51 Å². The number of hydrogen-bond donors (Lipinski definition) is 2. The van der Waals surface area contributed by atoms with Crippen LogP contribution in [0.4, 0.5) is 0 Å². The number of halogens is 1. The van der Waals surface area contributed by atoms with Crippen LogP contribution < -0.4 is 11.5 Å². The Balaban J connectivity index is 2.74. The fourth-order valence-electron chi connectivity index (χ4n) is 0.977. The number of rotatable bonds is 3. The number of primary amides is 1. The fourth-order valence-corrected chi connectivity index (χ4v) is 2.62. The highest BCUT2D eigenvalue weighted by Gasteiger charge is 2.24. The molecule has 1 amide bonds. The van der Waals surface area contributed by atoms with Crippen LogP contribution in [0.2, 0.25) is 0 Å². The van der Waals surface area contributed by atoms with Gasteiger partial charge in [0, 0.05) is 13.1 Å². The second-order valence-electron chi connectivity index (χ2n) is 2.31. The van der Waals surface area contributed by atoms with Crippen molar-refractivity contribution < 1.29 is 4.79 Å². The van der Waals surface area contributed by atoms with E-state index in [9.17, 15) is 4.79 Å². The third kappa shape index (κ3) is 1.94. The van der Waals surface area contributed by atoms with E-state index in [1.807, 2.05) is 4.90 Å². The Bertz CT molecular complexity index is 231. The van der Waals surface area contributed by atoms with Gasteiger partial charge in [-0.1, -0.05) is 11.8 Å². The number of amides is 1. The van der Waals surface area contributed by atoms with Crippen LogP contribution in [0.5, 0.6) is 0 Å². The van der Waals surface area contributed by atoms with E-state index in [2.05, 4.69) is 15.9 Å². The number of carbonyl (C=O) groups is 1. The molecule has 4 nitrogen and oxygen atoms in total. The Hall–Kier alpha value is -0.200. The van der Waals surface area contributed by atoms with Crippen molar-refractivity contribution in [2.75, 3.05) is 19.0 Å². The normalized spacial score (nSPS) is 17.3. The molecule has 4 N–H and O–H groups in total. The first-order valence-electron chi connectivity index (χ1n) is 3.44. The predicted molar refractivity (Wildman–Crippen MR) is 53.4 cm³/mol. The monoisotopic (exact) mass is 251 g/mol. The average Bonchev–Trinajstić information content (AvgIpc) is 2.32. The summed E-state index contributed by atoms with van der Waals surface area (Å²) < 4.78 is 0.809. The smallest absolute Gasteiger partial charge is 0.266 e. The maximum Gasteiger partial charge on any atom is 0.266 e. The molecule has 0 aliphatic carbocycles. The van der Waals surface area contributed by atoms with Crippen LogP contribution in [0.3, 0.4) is 0 Å². The highest BCUT2D eigenvalue weighted by Crippen LogP contribution is 2.35. The lowest BCUT2D eigenvalue weighted by Crippen LogP contribution is -2.32. The molecule has 0 aromatic heterocycles. The van der Waals surface area contributed by atoms with E-state index in [4.69, 9.17) is 11.5 Å². The number of thioether (sulfide) groups is 1. The van der Waals surface area contributed by atoms with E-state index < -0.39 is 5.91 Å². The van der Waals surface area contributed by atoms with Gasteiger partial charge in [0.1, 0.15) is 5.70 Å². The van der Waals surface area contributed by atoms with Crippen LogP contribution in [0.15, 0.2) is 9.51 Å². The molecule has 1 aliphatic heterocycles. The average molecular weight is 252 g/mol. The maximum absolute atomic E-state index is 10.9. The van der Waals surface area contributed by atoms with E-state index >= 15 is 0 Å². The molecule has 0 aromatic rings. The molecule has 0 fully saturated rings. The van der Waals surface area contributed by atoms with Gasteiger partial charge < -0.3 is 16.4 Å². The van der Waals surface area contributed by atoms with Crippen LogP contribution in [0.1, 0.15) is 0 Å². The van der Waals surface area contributed by atoms with E-state index in [0.717, 1.165) is 9.69 Å². The van der Waals surface area contributed by atoms with E-state index in [0.29, 0.717) is 18.8 Å². The van der Waals surface area contributed by atoms with Crippen molar-refractivity contribution in [3.63, 3.8) is 0 Å². The summed E-state index contributed by atoms with van der Waals surface area (Å²) in [6.45, 7) is 1.19. The van der Waals surface area contributed by atoms with Gasteiger partial charge in [0.05, 0.1) is 9.69 Å². The molecule has 1 aliphatic rings. The van der Waals surface area contributed by atoms with Gasteiger partial charge in [-0.05, 0) is 15.9 Å². The van der Waals surface area contributed by atoms with Gasteiger partial charge >= 0.3 is 0 Å².